The van der Waals surface area contributed by atoms with Gasteiger partial charge in [-0.05, 0) is 45.0 Å². The average molecular weight is 304 g/mol. The van der Waals surface area contributed by atoms with Crippen LogP contribution in [0.4, 0.5) is 0 Å². The highest BCUT2D eigenvalue weighted by Gasteiger charge is 2.29. The van der Waals surface area contributed by atoms with Gasteiger partial charge < -0.3 is 9.64 Å². The van der Waals surface area contributed by atoms with Crippen LogP contribution >= 0.6 is 11.3 Å². The van der Waals surface area contributed by atoms with E-state index in [1.54, 1.807) is 11.3 Å². The normalized spacial score (nSPS) is 16.7. The topological polar surface area (TPSA) is 42.4 Å². The lowest BCUT2D eigenvalue weighted by Gasteiger charge is -2.33. The van der Waals surface area contributed by atoms with Gasteiger partial charge in [-0.15, -0.1) is 11.3 Å². The molecule has 3 rings (SSSR count). The van der Waals surface area contributed by atoms with Gasteiger partial charge in [-0.3, -0.25) is 4.79 Å². The van der Waals surface area contributed by atoms with Crippen molar-refractivity contribution >= 4 is 27.5 Å². The molecule has 0 radical (unpaired) electrons. The predicted molar refractivity (Wildman–Crippen MR) is 84.8 cm³/mol. The smallest absolute Gasteiger partial charge is 0.314 e. The predicted octanol–water partition coefficient (Wildman–Crippen LogP) is 2.96. The number of hydrogen-bond acceptors (Lipinski definition) is 5. The summed E-state index contributed by atoms with van der Waals surface area (Å²) in [6, 6.07) is 6.09. The largest absolute Gasteiger partial charge is 0.465 e. The maximum atomic E-state index is 12.4. The maximum absolute atomic E-state index is 12.4. The fourth-order valence-electron chi connectivity index (χ4n) is 2.73. The number of carbonyl (C=O) groups is 1. The molecule has 2 heterocycles. The first-order chi connectivity index (χ1) is 10.2. The van der Waals surface area contributed by atoms with Crippen molar-refractivity contribution in [2.45, 2.75) is 26.2 Å². The number of likely N-dealkylation sites (tertiary alicyclic amines) is 1. The molecule has 4 nitrogen and oxygen atoms in total. The summed E-state index contributed by atoms with van der Waals surface area (Å²) in [5.74, 6) is -0.377. The minimum absolute atomic E-state index is 0.137. The van der Waals surface area contributed by atoms with Gasteiger partial charge in [-0.25, -0.2) is 4.98 Å². The lowest BCUT2D eigenvalue weighted by atomic mass is 9.96. The third-order valence-electron chi connectivity index (χ3n) is 3.89. The monoisotopic (exact) mass is 304 g/mol. The summed E-state index contributed by atoms with van der Waals surface area (Å²) in [5.41, 5.74) is 1.96. The van der Waals surface area contributed by atoms with Gasteiger partial charge in [0.15, 0.2) is 0 Å². The zero-order valence-electron chi connectivity index (χ0n) is 12.5. The Balaban J connectivity index is 1.97. The SMILES string of the molecule is CCOC(=O)C(CN1CCC1)c1cccc2sc(C)nc12. The van der Waals surface area contributed by atoms with Crippen molar-refractivity contribution < 1.29 is 9.53 Å². The molecule has 0 saturated carbocycles. The van der Waals surface area contributed by atoms with Crippen LogP contribution in [-0.2, 0) is 9.53 Å². The third-order valence-corrected chi connectivity index (χ3v) is 4.83. The number of carbonyl (C=O) groups excluding carboxylic acids is 1. The van der Waals surface area contributed by atoms with Crippen molar-refractivity contribution in [2.75, 3.05) is 26.2 Å². The van der Waals surface area contributed by atoms with Crippen molar-refractivity contribution in [3.05, 3.63) is 28.8 Å². The minimum Gasteiger partial charge on any atom is -0.465 e. The van der Waals surface area contributed by atoms with Gasteiger partial charge in [-0.2, -0.15) is 0 Å². The van der Waals surface area contributed by atoms with E-state index in [1.165, 1.54) is 6.42 Å². The molecular weight excluding hydrogens is 284 g/mol. The average Bonchev–Trinajstić information content (AvgIpc) is 2.78. The van der Waals surface area contributed by atoms with Crippen molar-refractivity contribution in [2.24, 2.45) is 0 Å². The number of benzene rings is 1. The molecule has 112 valence electrons. The number of aromatic nitrogens is 1. The molecule has 1 fully saturated rings. The van der Waals surface area contributed by atoms with Crippen molar-refractivity contribution in [3.63, 3.8) is 0 Å². The number of aryl methyl sites for hydroxylation is 1. The summed E-state index contributed by atoms with van der Waals surface area (Å²) in [4.78, 5) is 19.3. The van der Waals surface area contributed by atoms with Crippen LogP contribution in [0.2, 0.25) is 0 Å². The van der Waals surface area contributed by atoms with Gasteiger partial charge >= 0.3 is 5.97 Å². The van der Waals surface area contributed by atoms with E-state index in [9.17, 15) is 4.79 Å². The zero-order chi connectivity index (χ0) is 14.8. The fourth-order valence-corrected chi connectivity index (χ4v) is 3.59. The number of hydrogen-bond donors (Lipinski definition) is 0. The molecule has 1 aromatic carbocycles. The summed E-state index contributed by atoms with van der Waals surface area (Å²) in [5, 5.41) is 1.03. The first-order valence-corrected chi connectivity index (χ1v) is 8.25. The third kappa shape index (κ3) is 2.94. The summed E-state index contributed by atoms with van der Waals surface area (Å²) < 4.78 is 6.44. The first-order valence-electron chi connectivity index (χ1n) is 7.44. The van der Waals surface area contributed by atoms with Gasteiger partial charge in [0.2, 0.25) is 0 Å². The van der Waals surface area contributed by atoms with Crippen LogP contribution in [0.25, 0.3) is 10.2 Å². The highest BCUT2D eigenvalue weighted by Crippen LogP contribution is 2.31. The lowest BCUT2D eigenvalue weighted by molar-refractivity contribution is -0.145. The molecule has 21 heavy (non-hydrogen) atoms. The molecule has 1 unspecified atom stereocenters. The van der Waals surface area contributed by atoms with Gasteiger partial charge in [0.05, 0.1) is 27.7 Å². The maximum Gasteiger partial charge on any atom is 0.314 e. The second-order valence-corrected chi connectivity index (χ2v) is 6.62. The Labute approximate surface area is 128 Å². The van der Waals surface area contributed by atoms with E-state index in [2.05, 4.69) is 16.0 Å². The molecule has 1 saturated heterocycles. The molecule has 0 bridgehead atoms. The Morgan fingerprint density at radius 3 is 2.95 bits per heavy atom. The number of nitrogens with zero attached hydrogens (tertiary/aromatic N) is 2. The molecule has 1 atom stereocenters. The van der Waals surface area contributed by atoms with E-state index >= 15 is 0 Å². The summed E-state index contributed by atoms with van der Waals surface area (Å²) >= 11 is 1.67. The van der Waals surface area contributed by atoms with Crippen LogP contribution < -0.4 is 0 Å². The van der Waals surface area contributed by atoms with Crippen LogP contribution in [0.3, 0.4) is 0 Å². The van der Waals surface area contributed by atoms with E-state index in [1.807, 2.05) is 26.0 Å². The Morgan fingerprint density at radius 1 is 1.48 bits per heavy atom. The number of esters is 1. The molecular formula is C16H20N2O2S. The number of fused-ring (bicyclic) bond motifs is 1. The van der Waals surface area contributed by atoms with Crippen LogP contribution in [-0.4, -0.2) is 42.1 Å². The van der Waals surface area contributed by atoms with E-state index in [4.69, 9.17) is 4.74 Å². The summed E-state index contributed by atoms with van der Waals surface area (Å²) in [7, 11) is 0. The van der Waals surface area contributed by atoms with E-state index in [-0.39, 0.29) is 11.9 Å². The second-order valence-electron chi connectivity index (χ2n) is 5.39. The number of ether oxygens (including phenoxy) is 1. The summed E-state index contributed by atoms with van der Waals surface area (Å²) in [6.45, 7) is 7.15. The van der Waals surface area contributed by atoms with Crippen LogP contribution in [0.15, 0.2) is 18.2 Å². The minimum atomic E-state index is -0.240. The Kier molecular flexibility index (Phi) is 4.22. The van der Waals surface area contributed by atoms with E-state index < -0.39 is 0 Å². The van der Waals surface area contributed by atoms with Crippen LogP contribution in [0.1, 0.15) is 29.8 Å². The Bertz CT molecular complexity index is 649. The van der Waals surface area contributed by atoms with E-state index in [0.29, 0.717) is 6.61 Å². The van der Waals surface area contributed by atoms with Crippen LogP contribution in [0, 0.1) is 6.92 Å². The highest BCUT2D eigenvalue weighted by atomic mass is 32.1. The van der Waals surface area contributed by atoms with Crippen molar-refractivity contribution in [1.82, 2.24) is 9.88 Å². The molecule has 0 N–H and O–H groups in total. The molecule has 5 heteroatoms. The number of rotatable bonds is 5. The molecule has 0 aliphatic carbocycles. The molecule has 0 amide bonds. The van der Waals surface area contributed by atoms with E-state index in [0.717, 1.165) is 40.4 Å². The van der Waals surface area contributed by atoms with Gasteiger partial charge in [0.25, 0.3) is 0 Å². The lowest BCUT2D eigenvalue weighted by Crippen LogP contribution is -2.41. The molecule has 1 aliphatic rings. The Hall–Kier alpha value is -1.46. The quantitative estimate of drug-likeness (QED) is 0.797. The second kappa shape index (κ2) is 6.12. The number of thiazole rings is 1. The van der Waals surface area contributed by atoms with Gasteiger partial charge in [-0.1, -0.05) is 12.1 Å². The standard InChI is InChI=1S/C16H20N2O2S/c1-3-20-16(19)13(10-18-8-5-9-18)12-6-4-7-14-15(12)17-11(2)21-14/h4,6-7,13H,3,5,8-10H2,1-2H3. The van der Waals surface area contributed by atoms with Crippen molar-refractivity contribution in [3.8, 4) is 0 Å². The molecule has 1 aliphatic heterocycles. The first kappa shape index (κ1) is 14.5. The summed E-state index contributed by atoms with van der Waals surface area (Å²) in [6.07, 6.45) is 1.22. The fraction of sp³-hybridized carbons (Fsp3) is 0.500. The van der Waals surface area contributed by atoms with Crippen molar-refractivity contribution in [1.29, 1.82) is 0 Å². The molecule has 1 aromatic heterocycles. The molecule has 0 spiro atoms. The van der Waals surface area contributed by atoms with Crippen LogP contribution in [0.5, 0.6) is 0 Å². The highest BCUT2D eigenvalue weighted by molar-refractivity contribution is 7.18. The number of para-hydroxylation sites is 1. The van der Waals surface area contributed by atoms with Gasteiger partial charge in [0.1, 0.15) is 0 Å². The Morgan fingerprint density at radius 2 is 2.29 bits per heavy atom. The zero-order valence-corrected chi connectivity index (χ0v) is 13.3. The van der Waals surface area contributed by atoms with Gasteiger partial charge in [0, 0.05) is 6.54 Å². The molecule has 2 aromatic rings.